The van der Waals surface area contributed by atoms with E-state index >= 15 is 0 Å². The van der Waals surface area contributed by atoms with E-state index in [1.165, 1.54) is 12.8 Å². The van der Waals surface area contributed by atoms with Gasteiger partial charge in [0, 0.05) is 24.2 Å². The van der Waals surface area contributed by atoms with Crippen LogP contribution in [0.1, 0.15) is 24.0 Å². The maximum atomic E-state index is 3.35. The van der Waals surface area contributed by atoms with E-state index in [0.717, 1.165) is 24.2 Å². The highest BCUT2D eigenvalue weighted by Gasteiger charge is 2.18. The summed E-state index contributed by atoms with van der Waals surface area (Å²) < 4.78 is 0. The van der Waals surface area contributed by atoms with E-state index in [1.54, 1.807) is 0 Å². The van der Waals surface area contributed by atoms with Crippen molar-refractivity contribution in [3.8, 4) is 23.7 Å². The second-order valence-electron chi connectivity index (χ2n) is 5.42. The van der Waals surface area contributed by atoms with E-state index < -0.39 is 0 Å². The molecule has 1 heterocycles. The van der Waals surface area contributed by atoms with Crippen LogP contribution < -0.4 is 0 Å². The van der Waals surface area contributed by atoms with Crippen LogP contribution in [0.3, 0.4) is 0 Å². The molecule has 108 valence electrons. The molecular weight excluding hydrogens is 266 g/mol. The van der Waals surface area contributed by atoms with E-state index in [-0.39, 0.29) is 6.04 Å². The van der Waals surface area contributed by atoms with Crippen LogP contribution in [0.4, 0.5) is 0 Å². The molecule has 1 heteroatoms. The molecule has 0 atom stereocenters. The molecule has 0 unspecified atom stereocenters. The fourth-order valence-electron chi connectivity index (χ4n) is 2.56. The van der Waals surface area contributed by atoms with Crippen molar-refractivity contribution in [1.29, 1.82) is 0 Å². The van der Waals surface area contributed by atoms with Gasteiger partial charge in [0.1, 0.15) is 6.04 Å². The standard InChI is InChI=1S/C21H19N/c1-3-9-19(10-4-1)13-15-21(22-17-7-8-18-22)16-14-20-11-5-2-6-12-20/h1-6,9-12,21H,7-8,17-18H2. The van der Waals surface area contributed by atoms with Crippen LogP contribution in [0.2, 0.25) is 0 Å². The number of nitrogens with zero attached hydrogens (tertiary/aromatic N) is 1. The molecule has 1 aliphatic heterocycles. The lowest BCUT2D eigenvalue weighted by atomic mass is 10.1. The maximum Gasteiger partial charge on any atom is 0.134 e. The lowest BCUT2D eigenvalue weighted by Gasteiger charge is -2.17. The van der Waals surface area contributed by atoms with Crippen LogP contribution in [-0.2, 0) is 0 Å². The minimum atomic E-state index is 0.0166. The van der Waals surface area contributed by atoms with Crippen LogP contribution in [0.15, 0.2) is 60.7 Å². The Kier molecular flexibility index (Phi) is 4.93. The predicted octanol–water partition coefficient (Wildman–Crippen LogP) is 3.55. The minimum absolute atomic E-state index is 0.0166. The zero-order valence-electron chi connectivity index (χ0n) is 12.6. The highest BCUT2D eigenvalue weighted by atomic mass is 15.2. The quantitative estimate of drug-likeness (QED) is 0.724. The van der Waals surface area contributed by atoms with Crippen LogP contribution in [0, 0.1) is 23.7 Å². The van der Waals surface area contributed by atoms with Crippen molar-refractivity contribution >= 4 is 0 Å². The summed E-state index contributed by atoms with van der Waals surface area (Å²) in [5, 5.41) is 0. The molecule has 0 aromatic heterocycles. The summed E-state index contributed by atoms with van der Waals surface area (Å²) in [5.74, 6) is 13.2. The zero-order chi connectivity index (χ0) is 15.0. The number of likely N-dealkylation sites (tertiary alicyclic amines) is 1. The second-order valence-corrected chi connectivity index (χ2v) is 5.42. The monoisotopic (exact) mass is 285 g/mol. The Morgan fingerprint density at radius 1 is 0.682 bits per heavy atom. The Balaban J connectivity index is 1.82. The van der Waals surface area contributed by atoms with E-state index in [0.29, 0.717) is 0 Å². The number of hydrogen-bond donors (Lipinski definition) is 0. The van der Waals surface area contributed by atoms with E-state index in [2.05, 4.69) is 28.6 Å². The topological polar surface area (TPSA) is 3.24 Å². The molecule has 0 amide bonds. The maximum absolute atomic E-state index is 3.35. The highest BCUT2D eigenvalue weighted by Crippen LogP contribution is 2.11. The first-order valence-electron chi connectivity index (χ1n) is 7.79. The molecule has 2 aromatic carbocycles. The molecule has 0 N–H and O–H groups in total. The molecule has 22 heavy (non-hydrogen) atoms. The summed E-state index contributed by atoms with van der Waals surface area (Å²) in [4.78, 5) is 2.38. The first-order valence-corrected chi connectivity index (χ1v) is 7.79. The van der Waals surface area contributed by atoms with Gasteiger partial charge in [-0.1, -0.05) is 60.1 Å². The summed E-state index contributed by atoms with van der Waals surface area (Å²) in [5.41, 5.74) is 2.10. The summed E-state index contributed by atoms with van der Waals surface area (Å²) in [7, 11) is 0. The van der Waals surface area contributed by atoms with Crippen LogP contribution in [0.25, 0.3) is 0 Å². The van der Waals surface area contributed by atoms with Crippen LogP contribution in [0.5, 0.6) is 0 Å². The molecule has 0 spiro atoms. The van der Waals surface area contributed by atoms with Gasteiger partial charge in [0.15, 0.2) is 0 Å². The molecule has 3 rings (SSSR count). The van der Waals surface area contributed by atoms with Gasteiger partial charge in [0.05, 0.1) is 0 Å². The minimum Gasteiger partial charge on any atom is -0.280 e. The van der Waals surface area contributed by atoms with Crippen molar-refractivity contribution in [2.45, 2.75) is 18.9 Å². The Hall–Kier alpha value is -2.48. The second kappa shape index (κ2) is 7.51. The number of rotatable bonds is 1. The lowest BCUT2D eigenvalue weighted by Crippen LogP contribution is -2.30. The molecule has 1 fully saturated rings. The van der Waals surface area contributed by atoms with Gasteiger partial charge in [-0.2, -0.15) is 0 Å². The van der Waals surface area contributed by atoms with Crippen molar-refractivity contribution in [3.05, 3.63) is 71.8 Å². The highest BCUT2D eigenvalue weighted by molar-refractivity contribution is 5.40. The van der Waals surface area contributed by atoms with E-state index in [9.17, 15) is 0 Å². The van der Waals surface area contributed by atoms with E-state index in [4.69, 9.17) is 0 Å². The molecule has 0 aliphatic carbocycles. The SMILES string of the molecule is C(#CC(C#Cc1ccccc1)N1CCCC1)c1ccccc1. The normalized spacial score (nSPS) is 14.0. The molecule has 0 radical (unpaired) electrons. The summed E-state index contributed by atoms with van der Waals surface area (Å²) in [6.45, 7) is 2.19. The van der Waals surface area contributed by atoms with Crippen molar-refractivity contribution in [2.75, 3.05) is 13.1 Å². The van der Waals surface area contributed by atoms with Crippen molar-refractivity contribution < 1.29 is 0 Å². The molecule has 1 aliphatic rings. The predicted molar refractivity (Wildman–Crippen MR) is 91.2 cm³/mol. The zero-order valence-corrected chi connectivity index (χ0v) is 12.6. The van der Waals surface area contributed by atoms with Gasteiger partial charge in [0.25, 0.3) is 0 Å². The fourth-order valence-corrected chi connectivity index (χ4v) is 2.56. The average molecular weight is 285 g/mol. The summed E-state index contributed by atoms with van der Waals surface area (Å²) in [6.07, 6.45) is 2.49. The Labute approximate surface area is 133 Å². The first-order chi connectivity index (χ1) is 10.9. The molecule has 2 aromatic rings. The van der Waals surface area contributed by atoms with Gasteiger partial charge in [-0.3, -0.25) is 4.90 Å². The molecule has 1 saturated heterocycles. The Bertz CT molecular complexity index is 647. The van der Waals surface area contributed by atoms with Gasteiger partial charge in [-0.15, -0.1) is 0 Å². The van der Waals surface area contributed by atoms with Crippen LogP contribution >= 0.6 is 0 Å². The smallest absolute Gasteiger partial charge is 0.134 e. The molecule has 0 saturated carbocycles. The molecule has 1 nitrogen and oxygen atoms in total. The van der Waals surface area contributed by atoms with Crippen molar-refractivity contribution in [2.24, 2.45) is 0 Å². The number of hydrogen-bond acceptors (Lipinski definition) is 1. The molecular formula is C21H19N. The van der Waals surface area contributed by atoms with E-state index in [1.807, 2.05) is 60.7 Å². The molecule has 0 bridgehead atoms. The van der Waals surface area contributed by atoms with Gasteiger partial charge >= 0.3 is 0 Å². The number of benzene rings is 2. The van der Waals surface area contributed by atoms with Gasteiger partial charge in [-0.25, -0.2) is 0 Å². The van der Waals surface area contributed by atoms with Crippen molar-refractivity contribution in [1.82, 2.24) is 4.90 Å². The average Bonchev–Trinajstić information content (AvgIpc) is 3.11. The lowest BCUT2D eigenvalue weighted by molar-refractivity contribution is 0.337. The fraction of sp³-hybridized carbons (Fsp3) is 0.238. The van der Waals surface area contributed by atoms with Crippen molar-refractivity contribution in [3.63, 3.8) is 0 Å². The van der Waals surface area contributed by atoms with Gasteiger partial charge in [0.2, 0.25) is 0 Å². The van der Waals surface area contributed by atoms with Crippen LogP contribution in [-0.4, -0.2) is 24.0 Å². The first kappa shape index (κ1) is 14.5. The van der Waals surface area contributed by atoms with Gasteiger partial charge in [-0.05, 0) is 37.1 Å². The Morgan fingerprint density at radius 2 is 1.14 bits per heavy atom. The third-order valence-corrected chi connectivity index (χ3v) is 3.76. The third kappa shape index (κ3) is 4.01. The Morgan fingerprint density at radius 3 is 1.59 bits per heavy atom. The van der Waals surface area contributed by atoms with Gasteiger partial charge < -0.3 is 0 Å². The summed E-state index contributed by atoms with van der Waals surface area (Å²) >= 11 is 0. The largest absolute Gasteiger partial charge is 0.280 e. The summed E-state index contributed by atoms with van der Waals surface area (Å²) in [6, 6.07) is 20.3. The third-order valence-electron chi connectivity index (χ3n) is 3.76.